The highest BCUT2D eigenvalue weighted by molar-refractivity contribution is 7.98. The van der Waals surface area contributed by atoms with E-state index in [1.807, 2.05) is 0 Å². The van der Waals surface area contributed by atoms with Crippen molar-refractivity contribution in [3.63, 3.8) is 0 Å². The van der Waals surface area contributed by atoms with Gasteiger partial charge < -0.3 is 5.32 Å². The van der Waals surface area contributed by atoms with Gasteiger partial charge in [-0.1, -0.05) is 0 Å². The Kier molecular flexibility index (Phi) is 5.15. The zero-order valence-electron chi connectivity index (χ0n) is 13.7. The fourth-order valence-electron chi connectivity index (χ4n) is 2.74. The first-order chi connectivity index (χ1) is 11.6. The summed E-state index contributed by atoms with van der Waals surface area (Å²) in [5, 5.41) is 10.5. The minimum atomic E-state index is -0.328. The summed E-state index contributed by atoms with van der Waals surface area (Å²) in [6.07, 6.45) is 3.76. The van der Waals surface area contributed by atoms with Gasteiger partial charge in [0.05, 0.1) is 0 Å². The molecular formula is C16H20FN5OS. The summed E-state index contributed by atoms with van der Waals surface area (Å²) in [4.78, 5) is 17.3. The number of thioether (sulfide) groups is 1. The van der Waals surface area contributed by atoms with E-state index < -0.39 is 0 Å². The van der Waals surface area contributed by atoms with E-state index in [9.17, 15) is 9.18 Å². The molecular weight excluding hydrogens is 329 g/mol. The van der Waals surface area contributed by atoms with Crippen LogP contribution in [0.25, 0.3) is 0 Å². The van der Waals surface area contributed by atoms with Crippen LogP contribution in [0.1, 0.15) is 34.9 Å². The molecule has 1 saturated heterocycles. The number of benzene rings is 1. The molecule has 1 aromatic carbocycles. The number of nitrogens with one attached hydrogen (secondary N) is 2. The lowest BCUT2D eigenvalue weighted by atomic mass is 9.98. The van der Waals surface area contributed by atoms with Gasteiger partial charge in [0, 0.05) is 23.4 Å². The Bertz CT molecular complexity index is 742. The molecule has 1 amide bonds. The smallest absolute Gasteiger partial charge is 0.258 e. The standard InChI is InChI=1S/C16H20FN5OS/c1-22-16(19-14(21-22)10-5-7-18-8-6-10)20-15(23)11-3-4-12(17)13(9-11)24-2/h3-4,9-10,18H,5-8H2,1-2H3,(H,19,20,21,23). The Hall–Kier alpha value is -1.93. The SMILES string of the molecule is CSc1cc(C(=O)Nc2nc(C3CCNCC3)nn2C)ccc1F. The normalized spacial score (nSPS) is 15.5. The average molecular weight is 349 g/mol. The van der Waals surface area contributed by atoms with Crippen molar-refractivity contribution in [2.75, 3.05) is 24.7 Å². The number of anilines is 1. The summed E-state index contributed by atoms with van der Waals surface area (Å²) in [6, 6.07) is 4.31. The van der Waals surface area contributed by atoms with Crippen LogP contribution in [-0.4, -0.2) is 40.0 Å². The molecule has 128 valence electrons. The molecule has 1 aromatic heterocycles. The third-order valence-electron chi connectivity index (χ3n) is 4.12. The molecule has 0 aliphatic carbocycles. The van der Waals surface area contributed by atoms with E-state index in [1.54, 1.807) is 24.1 Å². The van der Waals surface area contributed by atoms with E-state index in [2.05, 4.69) is 20.7 Å². The molecule has 1 aliphatic rings. The Morgan fingerprint density at radius 2 is 2.17 bits per heavy atom. The Balaban J connectivity index is 1.75. The van der Waals surface area contributed by atoms with Gasteiger partial charge in [-0.15, -0.1) is 11.8 Å². The molecule has 0 radical (unpaired) electrons. The number of aryl methyl sites for hydroxylation is 1. The monoisotopic (exact) mass is 349 g/mol. The third kappa shape index (κ3) is 3.59. The van der Waals surface area contributed by atoms with Crippen LogP contribution >= 0.6 is 11.8 Å². The summed E-state index contributed by atoms with van der Waals surface area (Å²) >= 11 is 1.27. The summed E-state index contributed by atoms with van der Waals surface area (Å²) in [5.41, 5.74) is 0.396. The van der Waals surface area contributed by atoms with E-state index in [4.69, 9.17) is 0 Å². The van der Waals surface area contributed by atoms with Crippen molar-refractivity contribution in [1.29, 1.82) is 0 Å². The molecule has 0 spiro atoms. The van der Waals surface area contributed by atoms with E-state index >= 15 is 0 Å². The zero-order valence-corrected chi connectivity index (χ0v) is 14.5. The lowest BCUT2D eigenvalue weighted by Gasteiger charge is -2.19. The van der Waals surface area contributed by atoms with Crippen LogP contribution in [0.4, 0.5) is 10.3 Å². The van der Waals surface area contributed by atoms with Gasteiger partial charge in [-0.3, -0.25) is 10.1 Å². The Labute approximate surface area is 144 Å². The lowest BCUT2D eigenvalue weighted by Crippen LogP contribution is -2.27. The first-order valence-electron chi connectivity index (χ1n) is 7.85. The van der Waals surface area contributed by atoms with Crippen molar-refractivity contribution < 1.29 is 9.18 Å². The number of amides is 1. The van der Waals surface area contributed by atoms with E-state index in [0.29, 0.717) is 22.3 Å². The number of halogens is 1. The van der Waals surface area contributed by atoms with E-state index in [-0.39, 0.29) is 11.7 Å². The minimum Gasteiger partial charge on any atom is -0.317 e. The number of carbonyl (C=O) groups excluding carboxylic acids is 1. The van der Waals surface area contributed by atoms with Gasteiger partial charge in [-0.2, -0.15) is 10.1 Å². The molecule has 3 rings (SSSR count). The third-order valence-corrected chi connectivity index (χ3v) is 4.88. The molecule has 1 aliphatic heterocycles. The summed E-state index contributed by atoms with van der Waals surface area (Å²) in [6.45, 7) is 1.91. The first-order valence-corrected chi connectivity index (χ1v) is 9.07. The predicted molar refractivity (Wildman–Crippen MR) is 92.0 cm³/mol. The molecule has 2 N–H and O–H groups in total. The summed E-state index contributed by atoms with van der Waals surface area (Å²) in [7, 11) is 1.76. The van der Waals surface area contributed by atoms with Crippen LogP contribution < -0.4 is 10.6 Å². The number of hydrogen-bond acceptors (Lipinski definition) is 5. The molecule has 1 fully saturated rings. The quantitative estimate of drug-likeness (QED) is 0.830. The molecule has 24 heavy (non-hydrogen) atoms. The Morgan fingerprint density at radius 1 is 1.42 bits per heavy atom. The molecule has 6 nitrogen and oxygen atoms in total. The fourth-order valence-corrected chi connectivity index (χ4v) is 3.25. The summed E-state index contributed by atoms with van der Waals surface area (Å²) in [5.74, 6) is 0.836. The second-order valence-electron chi connectivity index (χ2n) is 5.74. The van der Waals surface area contributed by atoms with Crippen LogP contribution in [0.5, 0.6) is 0 Å². The van der Waals surface area contributed by atoms with Gasteiger partial charge in [0.25, 0.3) is 5.91 Å². The number of nitrogens with zero attached hydrogens (tertiary/aromatic N) is 3. The van der Waals surface area contributed by atoms with Crippen LogP contribution in [0.2, 0.25) is 0 Å². The average Bonchev–Trinajstić information content (AvgIpc) is 2.97. The molecule has 8 heteroatoms. The van der Waals surface area contributed by atoms with Crippen LogP contribution in [0.3, 0.4) is 0 Å². The molecule has 2 heterocycles. The number of carbonyl (C=O) groups is 1. The first kappa shape index (κ1) is 16.9. The van der Waals surface area contributed by atoms with Gasteiger partial charge in [0.2, 0.25) is 5.95 Å². The molecule has 0 unspecified atom stereocenters. The number of aromatic nitrogens is 3. The zero-order chi connectivity index (χ0) is 17.1. The lowest BCUT2D eigenvalue weighted by molar-refractivity contribution is 0.102. The van der Waals surface area contributed by atoms with Gasteiger partial charge in [0.15, 0.2) is 5.82 Å². The van der Waals surface area contributed by atoms with Gasteiger partial charge in [-0.25, -0.2) is 9.07 Å². The van der Waals surface area contributed by atoms with Gasteiger partial charge in [-0.05, 0) is 50.4 Å². The van der Waals surface area contributed by atoms with Crippen LogP contribution in [-0.2, 0) is 7.05 Å². The van der Waals surface area contributed by atoms with Crippen molar-refractivity contribution in [1.82, 2.24) is 20.1 Å². The number of piperidine rings is 1. The fraction of sp³-hybridized carbons (Fsp3) is 0.438. The van der Waals surface area contributed by atoms with E-state index in [0.717, 1.165) is 31.8 Å². The number of rotatable bonds is 4. The second kappa shape index (κ2) is 7.31. The molecule has 2 aromatic rings. The van der Waals surface area contributed by atoms with Crippen molar-refractivity contribution in [3.8, 4) is 0 Å². The maximum Gasteiger partial charge on any atom is 0.258 e. The van der Waals surface area contributed by atoms with Crippen molar-refractivity contribution >= 4 is 23.6 Å². The highest BCUT2D eigenvalue weighted by Gasteiger charge is 2.21. The maximum atomic E-state index is 13.5. The van der Waals surface area contributed by atoms with Crippen molar-refractivity contribution in [2.45, 2.75) is 23.7 Å². The highest BCUT2D eigenvalue weighted by Crippen LogP contribution is 2.24. The van der Waals surface area contributed by atoms with Crippen molar-refractivity contribution in [3.05, 3.63) is 35.4 Å². The van der Waals surface area contributed by atoms with Crippen molar-refractivity contribution in [2.24, 2.45) is 7.05 Å². The summed E-state index contributed by atoms with van der Waals surface area (Å²) < 4.78 is 15.1. The number of hydrogen-bond donors (Lipinski definition) is 2. The molecule has 0 atom stereocenters. The van der Waals surface area contributed by atoms with Gasteiger partial charge >= 0.3 is 0 Å². The molecule has 0 saturated carbocycles. The highest BCUT2D eigenvalue weighted by atomic mass is 32.2. The predicted octanol–water partition coefficient (Wildman–Crippen LogP) is 2.40. The topological polar surface area (TPSA) is 71.8 Å². The second-order valence-corrected chi connectivity index (χ2v) is 6.59. The largest absolute Gasteiger partial charge is 0.317 e. The minimum absolute atomic E-state index is 0.317. The Morgan fingerprint density at radius 3 is 2.88 bits per heavy atom. The van der Waals surface area contributed by atoms with Crippen LogP contribution in [0, 0.1) is 5.82 Å². The van der Waals surface area contributed by atoms with Crippen LogP contribution in [0.15, 0.2) is 23.1 Å². The molecule has 0 bridgehead atoms. The van der Waals surface area contributed by atoms with E-state index in [1.165, 1.54) is 23.9 Å². The maximum absolute atomic E-state index is 13.5. The van der Waals surface area contributed by atoms with Gasteiger partial charge in [0.1, 0.15) is 5.82 Å².